The van der Waals surface area contributed by atoms with Crippen molar-refractivity contribution in [3.8, 4) is 5.75 Å². The predicted octanol–water partition coefficient (Wildman–Crippen LogP) is 1.59. The summed E-state index contributed by atoms with van der Waals surface area (Å²) >= 11 is 0. The molecule has 134 valence electrons. The maximum Gasteiger partial charge on any atom is 0.260 e. The number of ether oxygens (including phenoxy) is 1. The number of hydrazone groups is 1. The molecule has 8 nitrogen and oxygen atoms in total. The zero-order valence-electron chi connectivity index (χ0n) is 13.9. The van der Waals surface area contributed by atoms with Gasteiger partial charge in [-0.05, 0) is 31.2 Å². The lowest BCUT2D eigenvalue weighted by Gasteiger charge is -2.23. The van der Waals surface area contributed by atoms with Gasteiger partial charge in [0.15, 0.2) is 0 Å². The van der Waals surface area contributed by atoms with E-state index in [4.69, 9.17) is 9.15 Å². The molecule has 0 radical (unpaired) electrons. The first-order valence-corrected chi connectivity index (χ1v) is 9.31. The van der Waals surface area contributed by atoms with Crippen LogP contribution in [-0.2, 0) is 14.8 Å². The second kappa shape index (κ2) is 8.34. The first-order chi connectivity index (χ1) is 11.9. The zero-order chi connectivity index (χ0) is 18.3. The topological polar surface area (TPSA) is 101 Å². The van der Waals surface area contributed by atoms with Gasteiger partial charge in [-0.25, -0.2) is 13.8 Å². The number of nitrogens with one attached hydrogen (secondary N) is 1. The Morgan fingerprint density at radius 2 is 2.08 bits per heavy atom. The van der Waals surface area contributed by atoms with Gasteiger partial charge in [0.1, 0.15) is 18.1 Å². The van der Waals surface area contributed by atoms with Crippen LogP contribution in [0.2, 0.25) is 0 Å². The second-order valence-corrected chi connectivity index (χ2v) is 6.89. The monoisotopic (exact) mass is 365 g/mol. The summed E-state index contributed by atoms with van der Waals surface area (Å²) in [6, 6.07) is 9.96. The smallest absolute Gasteiger partial charge is 0.260 e. The lowest BCUT2D eigenvalue weighted by atomic mass is 10.3. The maximum atomic E-state index is 12.1. The molecule has 1 heterocycles. The molecule has 0 aliphatic rings. The number of para-hydroxylation sites is 2. The molecule has 1 aromatic carbocycles. The Labute approximate surface area is 146 Å². The summed E-state index contributed by atoms with van der Waals surface area (Å²) in [4.78, 5) is 12.1. The van der Waals surface area contributed by atoms with Gasteiger partial charge in [-0.15, -0.1) is 0 Å². The van der Waals surface area contributed by atoms with E-state index >= 15 is 0 Å². The standard InChI is InChI=1S/C16H19N3O5S/c1-3-23-15-9-5-4-8-14(15)19(25(2,21)22)12-16(20)18-17-11-13-7-6-10-24-13/h4-11H,3,12H2,1-2H3,(H,18,20)/b17-11-. The molecule has 0 bridgehead atoms. The van der Waals surface area contributed by atoms with E-state index in [1.807, 2.05) is 0 Å². The number of nitrogens with zero attached hydrogens (tertiary/aromatic N) is 2. The Kier molecular flexibility index (Phi) is 6.18. The Hall–Kier alpha value is -2.81. The number of carbonyl (C=O) groups is 1. The average Bonchev–Trinajstić information content (AvgIpc) is 3.06. The molecule has 1 aromatic heterocycles. The van der Waals surface area contributed by atoms with Crippen LogP contribution in [0.25, 0.3) is 0 Å². The number of hydrogen-bond donors (Lipinski definition) is 1. The number of furan rings is 1. The van der Waals surface area contributed by atoms with Crippen LogP contribution < -0.4 is 14.5 Å². The highest BCUT2D eigenvalue weighted by molar-refractivity contribution is 7.92. The lowest BCUT2D eigenvalue weighted by molar-refractivity contribution is -0.119. The van der Waals surface area contributed by atoms with Crippen molar-refractivity contribution in [2.75, 3.05) is 23.7 Å². The highest BCUT2D eigenvalue weighted by atomic mass is 32.2. The van der Waals surface area contributed by atoms with Gasteiger partial charge < -0.3 is 9.15 Å². The van der Waals surface area contributed by atoms with Crippen molar-refractivity contribution in [2.45, 2.75) is 6.92 Å². The summed E-state index contributed by atoms with van der Waals surface area (Å²) in [6.07, 6.45) is 3.81. The van der Waals surface area contributed by atoms with Gasteiger partial charge in [0.2, 0.25) is 10.0 Å². The third kappa shape index (κ3) is 5.35. The minimum atomic E-state index is -3.70. The number of sulfonamides is 1. The molecule has 0 atom stereocenters. The quantitative estimate of drug-likeness (QED) is 0.565. The van der Waals surface area contributed by atoms with Gasteiger partial charge in [-0.3, -0.25) is 9.10 Å². The van der Waals surface area contributed by atoms with Crippen molar-refractivity contribution in [1.82, 2.24) is 5.43 Å². The zero-order valence-corrected chi connectivity index (χ0v) is 14.7. The van der Waals surface area contributed by atoms with Crippen molar-refractivity contribution < 1.29 is 22.4 Å². The number of anilines is 1. The number of hydrogen-bond acceptors (Lipinski definition) is 6. The third-order valence-corrected chi connectivity index (χ3v) is 4.17. The first-order valence-electron chi connectivity index (χ1n) is 7.46. The average molecular weight is 365 g/mol. The van der Waals surface area contributed by atoms with Crippen molar-refractivity contribution in [3.63, 3.8) is 0 Å². The summed E-state index contributed by atoms with van der Waals surface area (Å²) in [6.45, 7) is 1.73. The van der Waals surface area contributed by atoms with Crippen LogP contribution in [0.1, 0.15) is 12.7 Å². The Morgan fingerprint density at radius 3 is 2.72 bits per heavy atom. The summed E-state index contributed by atoms with van der Waals surface area (Å²) < 4.78 is 35.7. The van der Waals surface area contributed by atoms with Crippen molar-refractivity contribution in [2.24, 2.45) is 5.10 Å². The molecule has 0 aliphatic carbocycles. The summed E-state index contributed by atoms with van der Waals surface area (Å²) in [7, 11) is -3.70. The highest BCUT2D eigenvalue weighted by Gasteiger charge is 2.23. The molecule has 25 heavy (non-hydrogen) atoms. The van der Waals surface area contributed by atoms with Gasteiger partial charge in [0, 0.05) is 0 Å². The molecule has 2 rings (SSSR count). The number of rotatable bonds is 8. The van der Waals surface area contributed by atoms with Gasteiger partial charge in [0.25, 0.3) is 5.91 Å². The lowest BCUT2D eigenvalue weighted by Crippen LogP contribution is -2.39. The van der Waals surface area contributed by atoms with Crippen molar-refractivity contribution in [1.29, 1.82) is 0 Å². The molecular weight excluding hydrogens is 346 g/mol. The summed E-state index contributed by atoms with van der Waals surface area (Å²) in [5, 5.41) is 3.73. The molecule has 0 unspecified atom stereocenters. The highest BCUT2D eigenvalue weighted by Crippen LogP contribution is 2.29. The van der Waals surface area contributed by atoms with E-state index in [1.54, 1.807) is 43.3 Å². The Bertz CT molecular complexity index is 831. The van der Waals surface area contributed by atoms with E-state index < -0.39 is 22.5 Å². The van der Waals surface area contributed by atoms with Crippen LogP contribution >= 0.6 is 0 Å². The van der Waals surface area contributed by atoms with Gasteiger partial charge in [-0.2, -0.15) is 5.10 Å². The molecule has 0 aliphatic heterocycles. The van der Waals surface area contributed by atoms with E-state index in [0.29, 0.717) is 18.1 Å². The number of carbonyl (C=O) groups excluding carboxylic acids is 1. The molecular formula is C16H19N3O5S. The van der Waals surface area contributed by atoms with Crippen LogP contribution in [0.3, 0.4) is 0 Å². The van der Waals surface area contributed by atoms with Crippen molar-refractivity contribution >= 4 is 27.8 Å². The molecule has 0 saturated heterocycles. The van der Waals surface area contributed by atoms with E-state index in [0.717, 1.165) is 10.6 Å². The fourth-order valence-electron chi connectivity index (χ4n) is 2.02. The third-order valence-electron chi connectivity index (χ3n) is 3.05. The fraction of sp³-hybridized carbons (Fsp3) is 0.250. The minimum Gasteiger partial charge on any atom is -0.492 e. The molecule has 0 spiro atoms. The van der Waals surface area contributed by atoms with Gasteiger partial charge in [-0.1, -0.05) is 12.1 Å². The summed E-state index contributed by atoms with van der Waals surface area (Å²) in [5.74, 6) is 0.240. The maximum absolute atomic E-state index is 12.1. The van der Waals surface area contributed by atoms with E-state index in [1.165, 1.54) is 12.5 Å². The van der Waals surface area contributed by atoms with Crippen LogP contribution in [0.5, 0.6) is 5.75 Å². The molecule has 9 heteroatoms. The summed E-state index contributed by atoms with van der Waals surface area (Å²) in [5.41, 5.74) is 2.56. The number of benzene rings is 1. The minimum absolute atomic E-state index is 0.289. The van der Waals surface area contributed by atoms with E-state index in [2.05, 4.69) is 10.5 Å². The van der Waals surface area contributed by atoms with E-state index in [9.17, 15) is 13.2 Å². The molecule has 2 aromatic rings. The normalized spacial score (nSPS) is 11.4. The SMILES string of the molecule is CCOc1ccccc1N(CC(=O)N/N=C\c1ccco1)S(C)(=O)=O. The van der Waals surface area contributed by atoms with Gasteiger partial charge in [0.05, 0.1) is 31.0 Å². The fourth-order valence-corrected chi connectivity index (χ4v) is 2.88. The van der Waals surface area contributed by atoms with E-state index in [-0.39, 0.29) is 5.69 Å². The predicted molar refractivity (Wildman–Crippen MR) is 94.2 cm³/mol. The second-order valence-electron chi connectivity index (χ2n) is 4.98. The Balaban J connectivity index is 2.15. The molecule has 1 N–H and O–H groups in total. The first kappa shape index (κ1) is 18.5. The van der Waals surface area contributed by atoms with Crippen LogP contribution in [0.4, 0.5) is 5.69 Å². The van der Waals surface area contributed by atoms with Crippen LogP contribution in [0, 0.1) is 0 Å². The largest absolute Gasteiger partial charge is 0.492 e. The van der Waals surface area contributed by atoms with Gasteiger partial charge >= 0.3 is 0 Å². The van der Waals surface area contributed by atoms with Crippen LogP contribution in [0.15, 0.2) is 52.2 Å². The number of amides is 1. The molecule has 1 amide bonds. The van der Waals surface area contributed by atoms with Crippen molar-refractivity contribution in [3.05, 3.63) is 48.4 Å². The molecule has 0 saturated carbocycles. The Morgan fingerprint density at radius 1 is 1.32 bits per heavy atom. The van der Waals surface area contributed by atoms with Crippen LogP contribution in [-0.4, -0.2) is 39.9 Å². The molecule has 0 fully saturated rings.